The Morgan fingerprint density at radius 2 is 1.79 bits per heavy atom. The summed E-state index contributed by atoms with van der Waals surface area (Å²) in [4.78, 5) is 24.6. The Bertz CT molecular complexity index is 1830. The number of halogens is 1. The van der Waals surface area contributed by atoms with Crippen LogP contribution in [0, 0.1) is 0 Å². The third kappa shape index (κ3) is 8.40. The molecule has 0 aromatic heterocycles. The number of urea groups is 1. The van der Waals surface area contributed by atoms with Crippen LogP contribution in [-0.4, -0.2) is 49.9 Å². The van der Waals surface area contributed by atoms with Crippen LogP contribution < -0.4 is 30.3 Å². The average Bonchev–Trinajstić information content (AvgIpc) is 3.06. The number of nitrogens with one attached hydrogen (secondary N) is 3. The van der Waals surface area contributed by atoms with Gasteiger partial charge in [0.15, 0.2) is 17.7 Å². The van der Waals surface area contributed by atoms with Crippen LogP contribution in [0.1, 0.15) is 36.6 Å². The van der Waals surface area contributed by atoms with Crippen molar-refractivity contribution in [3.8, 4) is 17.2 Å². The van der Waals surface area contributed by atoms with Crippen LogP contribution in [0.5, 0.6) is 17.2 Å². The number of aliphatic hydroxyl groups excluding tert-OH is 1. The van der Waals surface area contributed by atoms with Crippen LogP contribution in [0.2, 0.25) is 0 Å². The lowest BCUT2D eigenvalue weighted by molar-refractivity contribution is -0.136. The van der Waals surface area contributed by atoms with E-state index in [-0.39, 0.29) is 12.2 Å². The van der Waals surface area contributed by atoms with Crippen LogP contribution in [0.3, 0.4) is 0 Å². The van der Waals surface area contributed by atoms with Gasteiger partial charge in [-0.15, -0.1) is 0 Å². The van der Waals surface area contributed by atoms with Crippen molar-refractivity contribution in [2.75, 3.05) is 20.3 Å². The van der Waals surface area contributed by atoms with E-state index < -0.39 is 24.3 Å². The summed E-state index contributed by atoms with van der Waals surface area (Å²) < 4.78 is 23.3. The molecule has 0 saturated carbocycles. The molecular weight excluding hydrogens is 668 g/mol. The van der Waals surface area contributed by atoms with E-state index in [0.29, 0.717) is 41.7 Å². The summed E-state index contributed by atoms with van der Waals surface area (Å²) in [6, 6.07) is 23.9. The number of amides is 2. The van der Waals surface area contributed by atoms with Gasteiger partial charge in [-0.3, -0.25) is 5.43 Å². The Morgan fingerprint density at radius 1 is 1.00 bits per heavy atom. The maximum Gasteiger partial charge on any atom is 0.337 e. The van der Waals surface area contributed by atoms with Crippen LogP contribution >= 0.6 is 15.9 Å². The number of hydrogen-bond acceptors (Lipinski definition) is 9. The van der Waals surface area contributed by atoms with E-state index >= 15 is 0 Å². The van der Waals surface area contributed by atoms with Crippen LogP contribution in [-0.2, 0) is 16.1 Å². The van der Waals surface area contributed by atoms with E-state index in [9.17, 15) is 14.7 Å². The second-order valence-corrected chi connectivity index (χ2v) is 11.4. The van der Waals surface area contributed by atoms with E-state index in [1.165, 1.54) is 17.9 Å². The number of ether oxygens (including phenoxy) is 4. The van der Waals surface area contributed by atoms with Crippen molar-refractivity contribution < 1.29 is 33.6 Å². The van der Waals surface area contributed by atoms with Crippen molar-refractivity contribution in [3.05, 3.63) is 111 Å². The third-order valence-electron chi connectivity index (χ3n) is 7.27. The normalized spacial score (nSPS) is 15.2. The zero-order valence-electron chi connectivity index (χ0n) is 26.1. The lowest BCUT2D eigenvalue weighted by Gasteiger charge is -2.28. The fourth-order valence-electron chi connectivity index (χ4n) is 5.02. The smallest absolute Gasteiger partial charge is 0.337 e. The van der Waals surface area contributed by atoms with Gasteiger partial charge >= 0.3 is 12.0 Å². The quantitative estimate of drug-likeness (QED) is 0.0602. The Kier molecular flexibility index (Phi) is 11.0. The minimum atomic E-state index is -1.13. The number of hydrazone groups is 1. The van der Waals surface area contributed by atoms with Crippen molar-refractivity contribution in [3.63, 3.8) is 0 Å². The first-order chi connectivity index (χ1) is 22.7. The van der Waals surface area contributed by atoms with Gasteiger partial charge in [-0.2, -0.15) is 5.10 Å². The summed E-state index contributed by atoms with van der Waals surface area (Å²) in [6.07, 6.45) is 0.442. The maximum atomic E-state index is 12.5. The van der Waals surface area contributed by atoms with Gasteiger partial charge in [0.2, 0.25) is 0 Å². The van der Waals surface area contributed by atoms with E-state index in [2.05, 4.69) is 67.4 Å². The average molecular weight is 704 g/mol. The van der Waals surface area contributed by atoms with Crippen molar-refractivity contribution in [1.82, 2.24) is 16.1 Å². The summed E-state index contributed by atoms with van der Waals surface area (Å²) >= 11 is 3.56. The lowest BCUT2D eigenvalue weighted by atomic mass is 9.95. The van der Waals surface area contributed by atoms with Gasteiger partial charge in [0.05, 0.1) is 36.0 Å². The predicted molar refractivity (Wildman–Crippen MR) is 181 cm³/mol. The fourth-order valence-corrected chi connectivity index (χ4v) is 5.54. The highest BCUT2D eigenvalue weighted by molar-refractivity contribution is 9.10. The van der Waals surface area contributed by atoms with Crippen molar-refractivity contribution >= 4 is 44.9 Å². The Balaban J connectivity index is 1.16. The number of carbonyl (C=O) groups excluding carboxylic acids is 2. The van der Waals surface area contributed by atoms with Crippen LogP contribution in [0.4, 0.5) is 4.79 Å². The number of methoxy groups -OCH3 is 1. The number of carbonyl (C=O) groups is 2. The molecule has 0 aliphatic carbocycles. The Labute approximate surface area is 280 Å². The molecule has 1 heterocycles. The van der Waals surface area contributed by atoms with Gasteiger partial charge in [-0.1, -0.05) is 42.5 Å². The first-order valence-corrected chi connectivity index (χ1v) is 15.7. The summed E-state index contributed by atoms with van der Waals surface area (Å²) in [7, 11) is 1.28. The molecule has 5 rings (SSSR count). The summed E-state index contributed by atoms with van der Waals surface area (Å²) in [6.45, 7) is 4.08. The summed E-state index contributed by atoms with van der Waals surface area (Å²) in [5, 5.41) is 22.3. The molecule has 0 spiro atoms. The molecule has 0 unspecified atom stereocenters. The molecule has 2 atom stereocenters. The first-order valence-electron chi connectivity index (χ1n) is 14.9. The number of benzene rings is 4. The van der Waals surface area contributed by atoms with Gasteiger partial charge in [0.25, 0.3) is 0 Å². The molecule has 4 aromatic rings. The SMILES string of the molecule is CCOc1cc([C@H]2NC(=O)NC(C)=C2C(=O)OC)ccc1OC[C@@H](O)N/N=C\c1ccc(OCc2ccc3ccccc3c2)c(Br)c1. The van der Waals surface area contributed by atoms with Crippen molar-refractivity contribution in [2.24, 2.45) is 5.10 Å². The standard InChI is InChI=1S/C35H35BrN4O7/c1-4-45-30-17-26(33-32(34(42)44-3)21(2)38-35(43)39-33)12-14-29(30)47-20-31(41)40-37-18-22-10-13-28(27(36)16-22)46-19-23-9-11-24-7-5-6-8-25(24)15-23/h5-18,31,33,40-41H,4,19-20H2,1-3H3,(H2,38,39,43)/b37-18-/t31-,33-/m1/s1. The molecule has 0 bridgehead atoms. The number of allylic oxidation sites excluding steroid dienone is 1. The zero-order valence-corrected chi connectivity index (χ0v) is 27.7. The van der Waals surface area contributed by atoms with E-state index in [4.69, 9.17) is 18.9 Å². The van der Waals surface area contributed by atoms with Crippen LogP contribution in [0.25, 0.3) is 10.8 Å². The van der Waals surface area contributed by atoms with Crippen LogP contribution in [0.15, 0.2) is 99.7 Å². The number of aliphatic hydroxyl groups is 1. The molecule has 4 N–H and O–H groups in total. The second kappa shape index (κ2) is 15.5. The third-order valence-corrected chi connectivity index (χ3v) is 7.89. The predicted octanol–water partition coefficient (Wildman–Crippen LogP) is 5.70. The zero-order chi connectivity index (χ0) is 33.3. The Morgan fingerprint density at radius 3 is 2.55 bits per heavy atom. The molecule has 12 heteroatoms. The number of nitrogens with zero attached hydrogens (tertiary/aromatic N) is 1. The molecule has 2 amide bonds. The van der Waals surface area contributed by atoms with Gasteiger partial charge in [-0.05, 0) is 93.6 Å². The van der Waals surface area contributed by atoms with Gasteiger partial charge in [0.1, 0.15) is 19.0 Å². The topological polar surface area (TPSA) is 140 Å². The van der Waals surface area contributed by atoms with Gasteiger partial charge in [-0.25, -0.2) is 9.59 Å². The largest absolute Gasteiger partial charge is 0.490 e. The van der Waals surface area contributed by atoms with Gasteiger partial charge in [0, 0.05) is 5.70 Å². The molecule has 47 heavy (non-hydrogen) atoms. The number of esters is 1. The number of rotatable bonds is 13. The minimum absolute atomic E-state index is 0.140. The molecule has 0 radical (unpaired) electrons. The molecule has 244 valence electrons. The van der Waals surface area contributed by atoms with Crippen molar-refractivity contribution in [1.29, 1.82) is 0 Å². The minimum Gasteiger partial charge on any atom is -0.490 e. The lowest BCUT2D eigenvalue weighted by Crippen LogP contribution is -2.45. The van der Waals surface area contributed by atoms with E-state index in [1.54, 1.807) is 31.3 Å². The highest BCUT2D eigenvalue weighted by Gasteiger charge is 2.32. The van der Waals surface area contributed by atoms with E-state index in [0.717, 1.165) is 15.6 Å². The molecule has 1 aliphatic heterocycles. The fraction of sp³-hybridized carbons (Fsp3) is 0.229. The molecule has 4 aromatic carbocycles. The summed E-state index contributed by atoms with van der Waals surface area (Å²) in [5.74, 6) is 0.872. The molecule has 1 aliphatic rings. The monoisotopic (exact) mass is 702 g/mol. The van der Waals surface area contributed by atoms with E-state index in [1.807, 2.05) is 37.3 Å². The van der Waals surface area contributed by atoms with Gasteiger partial charge < -0.3 is 34.7 Å². The molecule has 0 fully saturated rings. The van der Waals surface area contributed by atoms with Crippen molar-refractivity contribution in [2.45, 2.75) is 32.7 Å². The maximum absolute atomic E-state index is 12.5. The Hall–Kier alpha value is -5.07. The summed E-state index contributed by atoms with van der Waals surface area (Å²) in [5.41, 5.74) is 5.76. The highest BCUT2D eigenvalue weighted by Crippen LogP contribution is 2.35. The molecule has 0 saturated heterocycles. The first kappa shape index (κ1) is 33.3. The number of hydrogen-bond donors (Lipinski definition) is 4. The molecular formula is C35H35BrN4O7. The number of fused-ring (bicyclic) bond motifs is 1. The molecule has 11 nitrogen and oxygen atoms in total. The second-order valence-electron chi connectivity index (χ2n) is 10.6. The highest BCUT2D eigenvalue weighted by atomic mass is 79.9.